The number of hydrogen-bond acceptors (Lipinski definition) is 2. The summed E-state index contributed by atoms with van der Waals surface area (Å²) in [5.74, 6) is 0.623. The first kappa shape index (κ1) is 15.4. The van der Waals surface area contributed by atoms with Crippen molar-refractivity contribution < 1.29 is 17.9 Å². The van der Waals surface area contributed by atoms with E-state index in [0.29, 0.717) is 17.9 Å². The van der Waals surface area contributed by atoms with Gasteiger partial charge in [-0.2, -0.15) is 13.2 Å². The molecule has 0 saturated carbocycles. The molecule has 0 amide bonds. The summed E-state index contributed by atoms with van der Waals surface area (Å²) in [7, 11) is 0. The SMILES string of the molecule is NCCc1cccc(OCc2cccc(C(F)(F)F)c2)c1. The van der Waals surface area contributed by atoms with Gasteiger partial charge in [0, 0.05) is 0 Å². The van der Waals surface area contributed by atoms with E-state index in [1.54, 1.807) is 12.1 Å². The van der Waals surface area contributed by atoms with Gasteiger partial charge in [-0.3, -0.25) is 0 Å². The Bertz CT molecular complexity index is 596. The molecule has 2 aromatic rings. The average molecular weight is 295 g/mol. The Hall–Kier alpha value is -2.01. The molecule has 0 aliphatic rings. The van der Waals surface area contributed by atoms with Crippen molar-refractivity contribution in [3.05, 3.63) is 65.2 Å². The maximum atomic E-state index is 12.6. The Kier molecular flexibility index (Phi) is 4.85. The lowest BCUT2D eigenvalue weighted by molar-refractivity contribution is -0.137. The van der Waals surface area contributed by atoms with Crippen LogP contribution >= 0.6 is 0 Å². The van der Waals surface area contributed by atoms with Gasteiger partial charge in [-0.25, -0.2) is 0 Å². The van der Waals surface area contributed by atoms with Gasteiger partial charge in [0.25, 0.3) is 0 Å². The normalized spacial score (nSPS) is 11.4. The number of rotatable bonds is 5. The first-order chi connectivity index (χ1) is 9.99. The highest BCUT2D eigenvalue weighted by atomic mass is 19.4. The van der Waals surface area contributed by atoms with Crippen molar-refractivity contribution >= 4 is 0 Å². The summed E-state index contributed by atoms with van der Waals surface area (Å²) in [5, 5.41) is 0. The summed E-state index contributed by atoms with van der Waals surface area (Å²) in [6, 6.07) is 12.5. The zero-order valence-electron chi connectivity index (χ0n) is 11.4. The fourth-order valence-electron chi connectivity index (χ4n) is 1.96. The van der Waals surface area contributed by atoms with E-state index in [4.69, 9.17) is 10.5 Å². The third-order valence-electron chi connectivity index (χ3n) is 2.99. The van der Waals surface area contributed by atoms with Crippen molar-refractivity contribution in [1.82, 2.24) is 0 Å². The molecule has 0 radical (unpaired) electrons. The molecule has 5 heteroatoms. The quantitative estimate of drug-likeness (QED) is 0.911. The van der Waals surface area contributed by atoms with Crippen molar-refractivity contribution in [3.63, 3.8) is 0 Å². The van der Waals surface area contributed by atoms with Gasteiger partial charge in [0.1, 0.15) is 12.4 Å². The van der Waals surface area contributed by atoms with Crippen LogP contribution in [0.15, 0.2) is 48.5 Å². The molecule has 0 spiro atoms. The van der Waals surface area contributed by atoms with Crippen LogP contribution in [-0.4, -0.2) is 6.54 Å². The second-order valence-electron chi connectivity index (χ2n) is 4.67. The zero-order chi connectivity index (χ0) is 15.3. The van der Waals surface area contributed by atoms with Crippen LogP contribution < -0.4 is 10.5 Å². The molecule has 112 valence electrons. The second kappa shape index (κ2) is 6.63. The van der Waals surface area contributed by atoms with Crippen LogP contribution in [0.1, 0.15) is 16.7 Å². The second-order valence-corrected chi connectivity index (χ2v) is 4.67. The molecule has 0 bridgehead atoms. The molecule has 0 aromatic heterocycles. The molecule has 2 aromatic carbocycles. The van der Waals surface area contributed by atoms with Crippen molar-refractivity contribution in [2.24, 2.45) is 5.73 Å². The van der Waals surface area contributed by atoms with Gasteiger partial charge in [0.2, 0.25) is 0 Å². The molecule has 0 atom stereocenters. The first-order valence-electron chi connectivity index (χ1n) is 6.57. The minimum Gasteiger partial charge on any atom is -0.489 e. The summed E-state index contributed by atoms with van der Waals surface area (Å²) in [6.45, 7) is 0.632. The number of ether oxygens (including phenoxy) is 1. The van der Waals surface area contributed by atoms with Crippen molar-refractivity contribution in [2.45, 2.75) is 19.2 Å². The van der Waals surface area contributed by atoms with E-state index in [0.717, 1.165) is 24.1 Å². The summed E-state index contributed by atoms with van der Waals surface area (Å²) < 4.78 is 43.4. The monoisotopic (exact) mass is 295 g/mol. The number of benzene rings is 2. The third-order valence-corrected chi connectivity index (χ3v) is 2.99. The summed E-state index contributed by atoms with van der Waals surface area (Å²) in [5.41, 5.74) is 6.34. The van der Waals surface area contributed by atoms with Gasteiger partial charge < -0.3 is 10.5 Å². The van der Waals surface area contributed by atoms with Crippen LogP contribution in [-0.2, 0) is 19.2 Å². The van der Waals surface area contributed by atoms with E-state index in [2.05, 4.69) is 0 Å². The standard InChI is InChI=1S/C16H16F3NO/c17-16(18,19)14-5-1-4-13(9-14)11-21-15-6-2-3-12(10-15)7-8-20/h1-6,9-10H,7-8,11,20H2. The third kappa shape index (κ3) is 4.49. The minimum absolute atomic E-state index is 0.0933. The number of nitrogens with two attached hydrogens (primary N) is 1. The van der Waals surface area contributed by atoms with Gasteiger partial charge in [-0.05, 0) is 48.4 Å². The van der Waals surface area contributed by atoms with Crippen molar-refractivity contribution in [2.75, 3.05) is 6.54 Å². The summed E-state index contributed by atoms with van der Waals surface area (Å²) >= 11 is 0. The van der Waals surface area contributed by atoms with Crippen molar-refractivity contribution in [1.29, 1.82) is 0 Å². The predicted molar refractivity (Wildman–Crippen MR) is 75.0 cm³/mol. The maximum absolute atomic E-state index is 12.6. The van der Waals surface area contributed by atoms with Crippen LogP contribution in [0.25, 0.3) is 0 Å². The van der Waals surface area contributed by atoms with Gasteiger partial charge >= 0.3 is 6.18 Å². The van der Waals surface area contributed by atoms with Gasteiger partial charge in [-0.1, -0.05) is 24.3 Å². The number of hydrogen-bond donors (Lipinski definition) is 1. The highest BCUT2D eigenvalue weighted by molar-refractivity contribution is 5.30. The fourth-order valence-corrected chi connectivity index (χ4v) is 1.96. The van der Waals surface area contributed by atoms with Gasteiger partial charge in [0.15, 0.2) is 0 Å². The van der Waals surface area contributed by atoms with Crippen LogP contribution in [0.5, 0.6) is 5.75 Å². The van der Waals surface area contributed by atoms with E-state index in [9.17, 15) is 13.2 Å². The molecule has 0 fully saturated rings. The summed E-state index contributed by atoms with van der Waals surface area (Å²) in [6.07, 6.45) is -3.60. The maximum Gasteiger partial charge on any atom is 0.416 e. The fraction of sp³-hybridized carbons (Fsp3) is 0.250. The first-order valence-corrected chi connectivity index (χ1v) is 6.57. The largest absolute Gasteiger partial charge is 0.489 e. The van der Waals surface area contributed by atoms with Gasteiger partial charge in [-0.15, -0.1) is 0 Å². The molecule has 0 saturated heterocycles. The molecular formula is C16H16F3NO. The van der Waals surface area contributed by atoms with Gasteiger partial charge in [0.05, 0.1) is 5.56 Å². The molecule has 2 rings (SSSR count). The molecule has 0 unspecified atom stereocenters. The highest BCUT2D eigenvalue weighted by Crippen LogP contribution is 2.29. The Morgan fingerprint density at radius 3 is 2.38 bits per heavy atom. The Morgan fingerprint density at radius 1 is 0.952 bits per heavy atom. The van der Waals surface area contributed by atoms with E-state index < -0.39 is 11.7 Å². The van der Waals surface area contributed by atoms with Crippen LogP contribution in [0.4, 0.5) is 13.2 Å². The predicted octanol–water partition coefficient (Wildman–Crippen LogP) is 3.79. The molecular weight excluding hydrogens is 279 g/mol. The van der Waals surface area contributed by atoms with E-state index in [1.165, 1.54) is 6.07 Å². The highest BCUT2D eigenvalue weighted by Gasteiger charge is 2.30. The lowest BCUT2D eigenvalue weighted by Crippen LogP contribution is -2.06. The van der Waals surface area contributed by atoms with E-state index in [-0.39, 0.29) is 6.61 Å². The number of halogens is 3. The summed E-state index contributed by atoms with van der Waals surface area (Å²) in [4.78, 5) is 0. The zero-order valence-corrected chi connectivity index (χ0v) is 11.4. The minimum atomic E-state index is -4.34. The molecule has 21 heavy (non-hydrogen) atoms. The topological polar surface area (TPSA) is 35.2 Å². The lowest BCUT2D eigenvalue weighted by atomic mass is 10.1. The molecule has 0 aliphatic heterocycles. The lowest BCUT2D eigenvalue weighted by Gasteiger charge is -2.10. The van der Waals surface area contributed by atoms with E-state index in [1.807, 2.05) is 18.2 Å². The van der Waals surface area contributed by atoms with E-state index >= 15 is 0 Å². The molecule has 2 nitrogen and oxygen atoms in total. The van der Waals surface area contributed by atoms with Crippen molar-refractivity contribution in [3.8, 4) is 5.75 Å². The number of alkyl halides is 3. The van der Waals surface area contributed by atoms with Crippen LogP contribution in [0, 0.1) is 0 Å². The average Bonchev–Trinajstić information content (AvgIpc) is 2.45. The molecule has 0 aliphatic carbocycles. The van der Waals surface area contributed by atoms with Crippen LogP contribution in [0.2, 0.25) is 0 Å². The Morgan fingerprint density at radius 2 is 1.67 bits per heavy atom. The Balaban J connectivity index is 2.04. The van der Waals surface area contributed by atoms with Crippen LogP contribution in [0.3, 0.4) is 0 Å². The molecule has 2 N–H and O–H groups in total. The Labute approximate surface area is 121 Å². The molecule has 0 heterocycles. The smallest absolute Gasteiger partial charge is 0.416 e.